The average molecular weight is 446 g/mol. The van der Waals surface area contributed by atoms with Gasteiger partial charge in [0.05, 0.1) is 13.7 Å². The highest BCUT2D eigenvalue weighted by atomic mass is 16.5. The van der Waals surface area contributed by atoms with Gasteiger partial charge in [-0.15, -0.1) is 0 Å². The molecule has 174 valence electrons. The summed E-state index contributed by atoms with van der Waals surface area (Å²) >= 11 is 0. The number of phenols is 2. The maximum atomic E-state index is 12.5. The van der Waals surface area contributed by atoms with E-state index in [0.29, 0.717) is 25.0 Å². The highest BCUT2D eigenvalue weighted by molar-refractivity contribution is 5.79. The van der Waals surface area contributed by atoms with Crippen LogP contribution in [0.2, 0.25) is 0 Å². The lowest BCUT2D eigenvalue weighted by Crippen LogP contribution is -2.21. The van der Waals surface area contributed by atoms with Crippen LogP contribution < -0.4 is 9.47 Å². The number of aryl methyl sites for hydroxylation is 2. The topological polar surface area (TPSA) is 123 Å². The number of benzene rings is 2. The number of aliphatic hydroxyl groups excluding tert-OH is 1. The molecule has 0 bridgehead atoms. The van der Waals surface area contributed by atoms with Gasteiger partial charge in [0.1, 0.15) is 18.5 Å². The summed E-state index contributed by atoms with van der Waals surface area (Å²) in [6, 6.07) is 9.83. The van der Waals surface area contributed by atoms with Crippen LogP contribution in [0.1, 0.15) is 37.3 Å². The number of carbonyl (C=O) groups is 2. The second-order valence-corrected chi connectivity index (χ2v) is 7.39. The number of hydrogen-bond acceptors (Lipinski definition) is 8. The molecule has 8 heteroatoms. The van der Waals surface area contributed by atoms with Crippen molar-refractivity contribution >= 4 is 11.8 Å². The normalized spacial score (nSPS) is 11.6. The van der Waals surface area contributed by atoms with Crippen molar-refractivity contribution in [3.63, 3.8) is 0 Å². The van der Waals surface area contributed by atoms with E-state index in [1.807, 2.05) is 0 Å². The molecule has 0 spiro atoms. The van der Waals surface area contributed by atoms with Gasteiger partial charge in [0.15, 0.2) is 23.0 Å². The lowest BCUT2D eigenvalue weighted by Gasteiger charge is -2.17. The largest absolute Gasteiger partial charge is 0.504 e. The minimum atomic E-state index is -0.565. The van der Waals surface area contributed by atoms with E-state index in [2.05, 4.69) is 0 Å². The first kappa shape index (κ1) is 25.0. The van der Waals surface area contributed by atoms with Gasteiger partial charge in [-0.2, -0.15) is 0 Å². The van der Waals surface area contributed by atoms with Crippen molar-refractivity contribution in [3.8, 4) is 23.0 Å². The molecule has 3 N–H and O–H groups in total. The predicted octanol–water partition coefficient (Wildman–Crippen LogP) is 2.93. The van der Waals surface area contributed by atoms with Crippen molar-refractivity contribution in [2.75, 3.05) is 20.3 Å². The fourth-order valence-corrected chi connectivity index (χ4v) is 3.27. The fourth-order valence-electron chi connectivity index (χ4n) is 3.27. The molecule has 2 aromatic carbocycles. The molecular formula is C24H30O8. The Morgan fingerprint density at radius 1 is 0.969 bits per heavy atom. The minimum absolute atomic E-state index is 0.0280. The molecule has 0 amide bonds. The molecule has 8 nitrogen and oxygen atoms in total. The number of ketones is 1. The van der Waals surface area contributed by atoms with Crippen LogP contribution in [-0.4, -0.2) is 53.5 Å². The molecule has 0 saturated carbocycles. The van der Waals surface area contributed by atoms with Gasteiger partial charge in [0.2, 0.25) is 0 Å². The number of methoxy groups -OCH3 is 1. The number of Topliss-reactive ketones (excluding diaryl/α,β-unsaturated/α-hetero) is 1. The second kappa shape index (κ2) is 12.6. The quantitative estimate of drug-likeness (QED) is 0.402. The van der Waals surface area contributed by atoms with Crippen molar-refractivity contribution in [2.24, 2.45) is 0 Å². The number of aromatic hydroxyl groups is 2. The highest BCUT2D eigenvalue weighted by Crippen LogP contribution is 2.28. The number of aliphatic hydroxyl groups is 1. The molecule has 0 heterocycles. The molecule has 2 aromatic rings. The summed E-state index contributed by atoms with van der Waals surface area (Å²) in [7, 11) is 1.46. The number of ether oxygens (including phenoxy) is 3. The second-order valence-electron chi connectivity index (χ2n) is 7.39. The number of rotatable bonds is 13. The molecule has 0 aliphatic carbocycles. The van der Waals surface area contributed by atoms with Crippen LogP contribution in [0.25, 0.3) is 0 Å². The smallest absolute Gasteiger partial charge is 0.302 e. The molecule has 1 atom stereocenters. The van der Waals surface area contributed by atoms with Crippen LogP contribution in [-0.2, 0) is 27.2 Å². The average Bonchev–Trinajstić information content (AvgIpc) is 2.76. The van der Waals surface area contributed by atoms with Crippen LogP contribution in [0.15, 0.2) is 36.4 Å². The summed E-state index contributed by atoms with van der Waals surface area (Å²) < 4.78 is 15.7. The summed E-state index contributed by atoms with van der Waals surface area (Å²) in [5.41, 5.74) is 1.70. The van der Waals surface area contributed by atoms with Crippen molar-refractivity contribution in [1.82, 2.24) is 0 Å². The zero-order chi connectivity index (χ0) is 23.5. The van der Waals surface area contributed by atoms with Gasteiger partial charge in [-0.3, -0.25) is 9.59 Å². The molecule has 0 fully saturated rings. The third-order valence-corrected chi connectivity index (χ3v) is 4.85. The molecule has 0 radical (unpaired) electrons. The Labute approximate surface area is 187 Å². The molecule has 0 unspecified atom stereocenters. The summed E-state index contributed by atoms with van der Waals surface area (Å²) in [6.07, 6.45) is 1.22. The van der Waals surface area contributed by atoms with Crippen molar-refractivity contribution in [1.29, 1.82) is 0 Å². The van der Waals surface area contributed by atoms with Crippen molar-refractivity contribution < 1.29 is 39.1 Å². The lowest BCUT2D eigenvalue weighted by molar-refractivity contribution is -0.147. The van der Waals surface area contributed by atoms with E-state index in [0.717, 1.165) is 11.1 Å². The molecule has 2 rings (SSSR count). The van der Waals surface area contributed by atoms with Gasteiger partial charge in [0.25, 0.3) is 0 Å². The maximum Gasteiger partial charge on any atom is 0.302 e. The van der Waals surface area contributed by atoms with Crippen molar-refractivity contribution in [3.05, 3.63) is 47.5 Å². The Kier molecular flexibility index (Phi) is 9.81. The van der Waals surface area contributed by atoms with Gasteiger partial charge >= 0.3 is 5.97 Å². The van der Waals surface area contributed by atoms with E-state index < -0.39 is 12.1 Å². The first-order chi connectivity index (χ1) is 15.3. The van der Waals surface area contributed by atoms with E-state index in [1.54, 1.807) is 24.3 Å². The fraction of sp³-hybridized carbons (Fsp3) is 0.417. The molecular weight excluding hydrogens is 416 g/mol. The van der Waals surface area contributed by atoms with Crippen LogP contribution >= 0.6 is 0 Å². The number of phenolic OH excluding ortho intramolecular Hbond substituents is 2. The van der Waals surface area contributed by atoms with Gasteiger partial charge < -0.3 is 29.5 Å². The third kappa shape index (κ3) is 8.11. The van der Waals surface area contributed by atoms with E-state index >= 15 is 0 Å². The zero-order valence-corrected chi connectivity index (χ0v) is 18.4. The Morgan fingerprint density at radius 2 is 1.59 bits per heavy atom. The van der Waals surface area contributed by atoms with Crippen LogP contribution in [0.5, 0.6) is 23.0 Å². The number of esters is 1. The monoisotopic (exact) mass is 446 g/mol. The maximum absolute atomic E-state index is 12.5. The Hall–Kier alpha value is -3.26. The Balaban J connectivity index is 1.93. The third-order valence-electron chi connectivity index (χ3n) is 4.85. The highest BCUT2D eigenvalue weighted by Gasteiger charge is 2.18. The SMILES string of the molecule is COc1cc(CCC(=O)C[C@@H](CCc2ccc(O)c(OCCO)c2)OC(C)=O)ccc1O. The zero-order valence-electron chi connectivity index (χ0n) is 18.4. The Morgan fingerprint density at radius 3 is 2.22 bits per heavy atom. The van der Waals surface area contributed by atoms with E-state index in [9.17, 15) is 19.8 Å². The summed E-state index contributed by atoms with van der Waals surface area (Å²) in [4.78, 5) is 24.0. The molecule has 0 aromatic heterocycles. The first-order valence-electron chi connectivity index (χ1n) is 10.4. The lowest BCUT2D eigenvalue weighted by atomic mass is 9.99. The number of hydrogen-bond donors (Lipinski definition) is 3. The van der Waals surface area contributed by atoms with Crippen molar-refractivity contribution in [2.45, 2.75) is 45.1 Å². The van der Waals surface area contributed by atoms with Gasteiger partial charge in [-0.25, -0.2) is 0 Å². The van der Waals surface area contributed by atoms with Gasteiger partial charge in [0, 0.05) is 19.8 Å². The van der Waals surface area contributed by atoms with Crippen LogP contribution in [0.4, 0.5) is 0 Å². The van der Waals surface area contributed by atoms with E-state index in [1.165, 1.54) is 26.2 Å². The van der Waals surface area contributed by atoms with E-state index in [-0.39, 0.29) is 49.1 Å². The van der Waals surface area contributed by atoms with Gasteiger partial charge in [-0.1, -0.05) is 12.1 Å². The summed E-state index contributed by atoms with van der Waals surface area (Å²) in [5, 5.41) is 28.4. The van der Waals surface area contributed by atoms with Gasteiger partial charge in [-0.05, 0) is 54.7 Å². The first-order valence-corrected chi connectivity index (χ1v) is 10.4. The van der Waals surface area contributed by atoms with Crippen LogP contribution in [0, 0.1) is 0 Å². The summed E-state index contributed by atoms with van der Waals surface area (Å²) in [5.74, 6) is 0.131. The molecule has 0 saturated heterocycles. The molecule has 0 aliphatic heterocycles. The Bertz CT molecular complexity index is 909. The summed E-state index contributed by atoms with van der Waals surface area (Å²) in [6.45, 7) is 1.20. The predicted molar refractivity (Wildman–Crippen MR) is 117 cm³/mol. The standard InChI is InChI=1S/C24H30O8/c1-16(26)32-20(8-4-18-6-10-22(29)24(14-18)31-12-11-25)15-19(27)7-3-17-5-9-21(28)23(13-17)30-2/h5-6,9-10,13-14,20,25,28-29H,3-4,7-8,11-12,15H2,1-2H3/t20-/m1/s1. The number of carbonyl (C=O) groups excluding carboxylic acids is 2. The molecule has 32 heavy (non-hydrogen) atoms. The molecule has 0 aliphatic rings. The van der Waals surface area contributed by atoms with E-state index in [4.69, 9.17) is 19.3 Å². The minimum Gasteiger partial charge on any atom is -0.504 e. The van der Waals surface area contributed by atoms with Crippen LogP contribution in [0.3, 0.4) is 0 Å².